The van der Waals surface area contributed by atoms with Crippen LogP contribution in [0, 0.1) is 0 Å². The van der Waals surface area contributed by atoms with Crippen molar-refractivity contribution in [3.63, 3.8) is 0 Å². The molecule has 0 aliphatic carbocycles. The quantitative estimate of drug-likeness (QED) is 0.303. The Morgan fingerprint density at radius 3 is 2.43 bits per heavy atom. The van der Waals surface area contributed by atoms with Gasteiger partial charge in [-0.15, -0.1) is 0 Å². The molecule has 248 valence electrons. The van der Waals surface area contributed by atoms with Gasteiger partial charge in [-0.1, -0.05) is 30.3 Å². The predicted octanol–water partition coefficient (Wildman–Crippen LogP) is 5.02. The van der Waals surface area contributed by atoms with Gasteiger partial charge >= 0.3 is 0 Å². The Balaban J connectivity index is 1.20. The van der Waals surface area contributed by atoms with E-state index >= 15 is 0 Å². The van der Waals surface area contributed by atoms with E-state index in [2.05, 4.69) is 37.0 Å². The zero-order chi connectivity index (χ0) is 32.9. The maximum absolute atomic E-state index is 12.5. The predicted molar refractivity (Wildman–Crippen MR) is 183 cm³/mol. The van der Waals surface area contributed by atoms with Crippen LogP contribution in [0.15, 0.2) is 61.4 Å². The molecule has 0 bridgehead atoms. The molecule has 13 heteroatoms. The second-order valence-corrected chi connectivity index (χ2v) is 12.4. The number of rotatable bonds is 9. The molecule has 0 spiro atoms. The first-order chi connectivity index (χ1) is 22.8. The highest BCUT2D eigenvalue weighted by molar-refractivity contribution is 6.30. The molecule has 0 radical (unpaired) electrons. The van der Waals surface area contributed by atoms with E-state index in [0.29, 0.717) is 46.4 Å². The normalized spacial score (nSPS) is 19.0. The number of nitrogens with one attached hydrogen (secondary N) is 2. The Morgan fingerprint density at radius 1 is 1.00 bits per heavy atom. The van der Waals surface area contributed by atoms with Crippen molar-refractivity contribution in [1.29, 1.82) is 0 Å². The van der Waals surface area contributed by atoms with Crippen molar-refractivity contribution < 1.29 is 19.2 Å². The summed E-state index contributed by atoms with van der Waals surface area (Å²) in [6.07, 6.45) is 5.53. The number of carbonyl (C=O) groups is 2. The fourth-order valence-electron chi connectivity index (χ4n) is 6.61. The van der Waals surface area contributed by atoms with Gasteiger partial charge < -0.3 is 25.2 Å². The summed E-state index contributed by atoms with van der Waals surface area (Å²) in [6.45, 7) is 10.8. The van der Waals surface area contributed by atoms with Crippen molar-refractivity contribution in [1.82, 2.24) is 19.8 Å². The van der Waals surface area contributed by atoms with E-state index < -0.39 is 0 Å². The summed E-state index contributed by atoms with van der Waals surface area (Å²) in [6, 6.07) is 13.8. The Kier molecular flexibility index (Phi) is 10.1. The summed E-state index contributed by atoms with van der Waals surface area (Å²) in [4.78, 5) is 46.0. The van der Waals surface area contributed by atoms with Crippen LogP contribution in [0.5, 0.6) is 5.75 Å². The lowest BCUT2D eigenvalue weighted by molar-refractivity contribution is -0.131. The number of methoxy groups -OCH3 is 1. The molecule has 4 heterocycles. The second-order valence-electron chi connectivity index (χ2n) is 11.9. The van der Waals surface area contributed by atoms with Crippen molar-refractivity contribution in [3.8, 4) is 5.75 Å². The number of piperazine rings is 1. The Hall–Kier alpha value is -4.39. The lowest BCUT2D eigenvalue weighted by Gasteiger charge is -2.43. The van der Waals surface area contributed by atoms with Gasteiger partial charge in [0.05, 0.1) is 36.8 Å². The number of aromatic nitrogens is 2. The number of halogens is 1. The van der Waals surface area contributed by atoms with Gasteiger partial charge in [-0.25, -0.2) is 15.0 Å². The minimum absolute atomic E-state index is 0.0150. The molecule has 0 saturated carbocycles. The second kappa shape index (κ2) is 14.6. The van der Waals surface area contributed by atoms with E-state index in [9.17, 15) is 9.59 Å². The third-order valence-corrected chi connectivity index (χ3v) is 9.39. The topological polar surface area (TPSA) is 115 Å². The van der Waals surface area contributed by atoms with Gasteiger partial charge in [0.1, 0.15) is 17.9 Å². The van der Waals surface area contributed by atoms with Crippen molar-refractivity contribution >= 4 is 52.1 Å². The summed E-state index contributed by atoms with van der Waals surface area (Å²) in [5.41, 5.74) is 3.24. The Bertz CT molecular complexity index is 1590. The lowest BCUT2D eigenvalue weighted by atomic mass is 10.0. The van der Waals surface area contributed by atoms with E-state index in [4.69, 9.17) is 21.2 Å². The SMILES string of the molecule is C=CC(=O)Nc1cc(Nc2cc(N3OCCC3c3ccc(Cl)cc3)ncn2)c(OC)cc1N1CCC(N2CCN(C(C)=O)CC2)CC1. The number of anilines is 5. The first kappa shape index (κ1) is 32.5. The molecular weight excluding hydrogens is 620 g/mol. The van der Waals surface area contributed by atoms with Crippen LogP contribution in [0.1, 0.15) is 37.8 Å². The van der Waals surface area contributed by atoms with E-state index in [1.807, 2.05) is 47.4 Å². The highest BCUT2D eigenvalue weighted by Crippen LogP contribution is 2.40. The van der Waals surface area contributed by atoms with Gasteiger partial charge in [-0.2, -0.15) is 0 Å². The maximum Gasteiger partial charge on any atom is 0.247 e. The minimum Gasteiger partial charge on any atom is -0.494 e. The molecule has 12 nitrogen and oxygen atoms in total. The van der Waals surface area contributed by atoms with Crippen LogP contribution >= 0.6 is 11.6 Å². The van der Waals surface area contributed by atoms with Gasteiger partial charge in [-0.3, -0.25) is 19.3 Å². The third-order valence-electron chi connectivity index (χ3n) is 9.14. The number of amides is 2. The zero-order valence-corrected chi connectivity index (χ0v) is 27.6. The molecule has 6 rings (SSSR count). The summed E-state index contributed by atoms with van der Waals surface area (Å²) in [5, 5.41) is 8.85. The van der Waals surface area contributed by atoms with Crippen LogP contribution in [0.2, 0.25) is 5.02 Å². The molecule has 2 N–H and O–H groups in total. The summed E-state index contributed by atoms with van der Waals surface area (Å²) < 4.78 is 5.84. The van der Waals surface area contributed by atoms with Crippen LogP contribution < -0.4 is 25.3 Å². The van der Waals surface area contributed by atoms with Gasteiger partial charge in [0.2, 0.25) is 11.8 Å². The number of ether oxygens (including phenoxy) is 1. The molecular formula is C34H41ClN8O4. The number of nitrogens with zero attached hydrogens (tertiary/aromatic N) is 6. The van der Waals surface area contributed by atoms with Gasteiger partial charge in [0, 0.05) is 75.8 Å². The molecule has 3 fully saturated rings. The van der Waals surface area contributed by atoms with E-state index in [1.54, 1.807) is 19.1 Å². The number of piperidine rings is 1. The first-order valence-corrected chi connectivity index (χ1v) is 16.4. The van der Waals surface area contributed by atoms with E-state index in [-0.39, 0.29) is 17.9 Å². The molecule has 3 aromatic rings. The third kappa shape index (κ3) is 7.45. The average molecular weight is 661 g/mol. The van der Waals surface area contributed by atoms with Crippen molar-refractivity contribution in [2.45, 2.75) is 38.3 Å². The van der Waals surface area contributed by atoms with E-state index in [1.165, 1.54) is 12.4 Å². The van der Waals surface area contributed by atoms with Crippen LogP contribution in [0.3, 0.4) is 0 Å². The van der Waals surface area contributed by atoms with Gasteiger partial charge in [-0.05, 0) is 42.7 Å². The number of carbonyl (C=O) groups excluding carboxylic acids is 2. The first-order valence-electron chi connectivity index (χ1n) is 16.0. The number of hydroxylamine groups is 1. The molecule has 2 aromatic carbocycles. The molecule has 2 amide bonds. The molecule has 3 aliphatic rings. The van der Waals surface area contributed by atoms with Crippen molar-refractivity contribution in [2.75, 3.05) is 73.6 Å². The fraction of sp³-hybridized carbons (Fsp3) is 0.412. The largest absolute Gasteiger partial charge is 0.494 e. The van der Waals surface area contributed by atoms with Crippen molar-refractivity contribution in [3.05, 3.63) is 72.0 Å². The molecule has 3 aliphatic heterocycles. The minimum atomic E-state index is -0.302. The molecule has 1 atom stereocenters. The maximum atomic E-state index is 12.5. The molecule has 1 aromatic heterocycles. The highest BCUT2D eigenvalue weighted by Gasteiger charge is 2.31. The summed E-state index contributed by atoms with van der Waals surface area (Å²) in [7, 11) is 1.62. The highest BCUT2D eigenvalue weighted by atomic mass is 35.5. The van der Waals surface area contributed by atoms with E-state index in [0.717, 1.165) is 69.8 Å². The summed E-state index contributed by atoms with van der Waals surface area (Å²) >= 11 is 6.12. The van der Waals surface area contributed by atoms with Crippen molar-refractivity contribution in [2.24, 2.45) is 0 Å². The standard InChI is InChI=1S/C34H41ClN8O4/c1-4-34(45)39-27-19-28(38-32-21-33(37-22-36-32)43-29(11-18-47-43)24-5-7-25(35)8-6-24)31(46-3)20-30(27)42-12-9-26(10-13-42)41-16-14-40(15-17-41)23(2)44/h4-8,19-22,26,29H,1,9-18H2,2-3H3,(H,39,45)(H,36,37,38). The Morgan fingerprint density at radius 2 is 1.74 bits per heavy atom. The van der Waals surface area contributed by atoms with Crippen LogP contribution in [0.4, 0.5) is 28.7 Å². The van der Waals surface area contributed by atoms with Crippen LogP contribution in [-0.2, 0) is 14.4 Å². The Labute approximate surface area is 280 Å². The number of hydrogen-bond donors (Lipinski definition) is 2. The van der Waals surface area contributed by atoms with Gasteiger partial charge in [0.15, 0.2) is 5.82 Å². The fourth-order valence-corrected chi connectivity index (χ4v) is 6.74. The summed E-state index contributed by atoms with van der Waals surface area (Å²) in [5.74, 6) is 1.60. The molecule has 1 unspecified atom stereocenters. The number of hydrogen-bond acceptors (Lipinski definition) is 10. The van der Waals surface area contributed by atoms with Crippen LogP contribution in [0.25, 0.3) is 0 Å². The van der Waals surface area contributed by atoms with Crippen LogP contribution in [-0.4, -0.2) is 90.6 Å². The van der Waals surface area contributed by atoms with Gasteiger partial charge in [0.25, 0.3) is 0 Å². The zero-order valence-electron chi connectivity index (χ0n) is 26.8. The smallest absolute Gasteiger partial charge is 0.247 e. The molecule has 3 saturated heterocycles. The average Bonchev–Trinajstić information content (AvgIpc) is 3.59. The molecule has 47 heavy (non-hydrogen) atoms. The lowest BCUT2D eigenvalue weighted by Crippen LogP contribution is -2.54. The number of benzene rings is 2. The monoisotopic (exact) mass is 660 g/mol.